The highest BCUT2D eigenvalue weighted by Gasteiger charge is 2.42. The summed E-state index contributed by atoms with van der Waals surface area (Å²) >= 11 is 0. The van der Waals surface area contributed by atoms with Crippen LogP contribution in [0.15, 0.2) is 48.5 Å². The van der Waals surface area contributed by atoms with Gasteiger partial charge >= 0.3 is 5.97 Å². The van der Waals surface area contributed by atoms with E-state index in [1.807, 2.05) is 20.8 Å². The van der Waals surface area contributed by atoms with Gasteiger partial charge < -0.3 is 10.1 Å². The number of nitrogens with zero attached hydrogens (tertiary/aromatic N) is 1. The van der Waals surface area contributed by atoms with Crippen molar-refractivity contribution in [2.24, 2.45) is 5.92 Å². The summed E-state index contributed by atoms with van der Waals surface area (Å²) < 4.78 is 5.13. The summed E-state index contributed by atoms with van der Waals surface area (Å²) in [5.74, 6) is -1.84. The van der Waals surface area contributed by atoms with Crippen molar-refractivity contribution in [1.29, 1.82) is 0 Å². The lowest BCUT2D eigenvalue weighted by atomic mass is 10.0. The number of amides is 3. The third-order valence-electron chi connectivity index (χ3n) is 4.94. The molecule has 7 nitrogen and oxygen atoms in total. The summed E-state index contributed by atoms with van der Waals surface area (Å²) in [4.78, 5) is 52.1. The van der Waals surface area contributed by atoms with Crippen LogP contribution in [-0.4, -0.2) is 41.2 Å². The first-order valence-electron chi connectivity index (χ1n) is 10.4. The van der Waals surface area contributed by atoms with Crippen molar-refractivity contribution in [2.45, 2.75) is 39.7 Å². The molecule has 1 aliphatic rings. The highest BCUT2D eigenvalue weighted by atomic mass is 16.5. The van der Waals surface area contributed by atoms with Gasteiger partial charge in [-0.05, 0) is 49.1 Å². The number of ether oxygens (including phenoxy) is 1. The third kappa shape index (κ3) is 4.82. The zero-order valence-electron chi connectivity index (χ0n) is 17.9. The van der Waals surface area contributed by atoms with Crippen LogP contribution in [0.2, 0.25) is 0 Å². The van der Waals surface area contributed by atoms with E-state index in [0.29, 0.717) is 41.8 Å². The van der Waals surface area contributed by atoms with E-state index in [-0.39, 0.29) is 5.92 Å². The molecule has 1 N–H and O–H groups in total. The lowest BCUT2D eigenvalue weighted by Crippen LogP contribution is -2.47. The van der Waals surface area contributed by atoms with Gasteiger partial charge in [0.05, 0.1) is 23.3 Å². The molecule has 0 fully saturated rings. The van der Waals surface area contributed by atoms with Crippen molar-refractivity contribution in [2.75, 3.05) is 11.9 Å². The normalized spacial score (nSPS) is 13.9. The maximum absolute atomic E-state index is 13.2. The molecule has 31 heavy (non-hydrogen) atoms. The lowest BCUT2D eigenvalue weighted by molar-refractivity contribution is -0.120. The molecule has 1 heterocycles. The molecule has 0 saturated carbocycles. The van der Waals surface area contributed by atoms with Gasteiger partial charge in [0.2, 0.25) is 5.91 Å². The Hall–Kier alpha value is -3.48. The van der Waals surface area contributed by atoms with Crippen LogP contribution < -0.4 is 5.32 Å². The third-order valence-corrected chi connectivity index (χ3v) is 4.94. The standard InChI is InChI=1S/C24H26N2O5/c1-4-12-31-24(30)16-8-7-9-17(14-16)25-21(27)20(13-15(2)3)26-22(28)18-10-5-6-11-19(18)23(26)29/h5-11,14-15,20H,4,12-13H2,1-3H3,(H,25,27)/t20-/m1/s1. The lowest BCUT2D eigenvalue weighted by Gasteiger charge is -2.26. The molecule has 0 aliphatic carbocycles. The largest absolute Gasteiger partial charge is 0.462 e. The molecule has 1 atom stereocenters. The summed E-state index contributed by atoms with van der Waals surface area (Å²) in [6.07, 6.45) is 1.02. The highest BCUT2D eigenvalue weighted by Crippen LogP contribution is 2.27. The molecule has 7 heteroatoms. The Morgan fingerprint density at radius 3 is 2.23 bits per heavy atom. The fourth-order valence-electron chi connectivity index (χ4n) is 3.49. The van der Waals surface area contributed by atoms with Crippen LogP contribution in [0.1, 0.15) is 64.7 Å². The van der Waals surface area contributed by atoms with Crippen molar-refractivity contribution in [3.8, 4) is 0 Å². The zero-order valence-corrected chi connectivity index (χ0v) is 17.9. The minimum Gasteiger partial charge on any atom is -0.462 e. The average molecular weight is 422 g/mol. The predicted molar refractivity (Wildman–Crippen MR) is 116 cm³/mol. The summed E-state index contributed by atoms with van der Waals surface area (Å²) in [6.45, 7) is 6.05. The van der Waals surface area contributed by atoms with Crippen LogP contribution in [0.3, 0.4) is 0 Å². The molecule has 2 aromatic rings. The number of esters is 1. The van der Waals surface area contributed by atoms with Gasteiger partial charge in [0.15, 0.2) is 0 Å². The van der Waals surface area contributed by atoms with Gasteiger partial charge in [-0.3, -0.25) is 19.3 Å². The van der Waals surface area contributed by atoms with Crippen LogP contribution in [-0.2, 0) is 9.53 Å². The number of hydrogen-bond donors (Lipinski definition) is 1. The van der Waals surface area contributed by atoms with Crippen LogP contribution in [0, 0.1) is 5.92 Å². The number of hydrogen-bond acceptors (Lipinski definition) is 5. The van der Waals surface area contributed by atoms with Crippen molar-refractivity contribution in [1.82, 2.24) is 4.90 Å². The minimum absolute atomic E-state index is 0.0652. The van der Waals surface area contributed by atoms with E-state index in [1.165, 1.54) is 6.07 Å². The maximum atomic E-state index is 13.2. The Morgan fingerprint density at radius 2 is 1.65 bits per heavy atom. The first-order chi connectivity index (χ1) is 14.8. The fraction of sp³-hybridized carbons (Fsp3) is 0.333. The van der Waals surface area contributed by atoms with Gasteiger partial charge in [-0.1, -0.05) is 39.0 Å². The van der Waals surface area contributed by atoms with Gasteiger partial charge in [-0.15, -0.1) is 0 Å². The number of fused-ring (bicyclic) bond motifs is 1. The molecular formula is C24H26N2O5. The van der Waals surface area contributed by atoms with E-state index in [1.54, 1.807) is 42.5 Å². The first-order valence-corrected chi connectivity index (χ1v) is 10.4. The summed E-state index contributed by atoms with van der Waals surface area (Å²) in [7, 11) is 0. The van der Waals surface area contributed by atoms with E-state index in [2.05, 4.69) is 5.32 Å². The van der Waals surface area contributed by atoms with E-state index >= 15 is 0 Å². The number of anilines is 1. The molecule has 0 aromatic heterocycles. The van der Waals surface area contributed by atoms with Crippen LogP contribution in [0.5, 0.6) is 0 Å². The fourth-order valence-corrected chi connectivity index (χ4v) is 3.49. The second-order valence-electron chi connectivity index (χ2n) is 7.88. The summed E-state index contributed by atoms with van der Waals surface area (Å²) in [5, 5.41) is 2.75. The first kappa shape index (κ1) is 22.2. The van der Waals surface area contributed by atoms with E-state index in [4.69, 9.17) is 4.74 Å². The van der Waals surface area contributed by atoms with Crippen molar-refractivity contribution < 1.29 is 23.9 Å². The molecular weight excluding hydrogens is 396 g/mol. The summed E-state index contributed by atoms with van der Waals surface area (Å²) in [6, 6.07) is 12.0. The Bertz CT molecular complexity index is 980. The number of benzene rings is 2. The zero-order chi connectivity index (χ0) is 22.5. The maximum Gasteiger partial charge on any atom is 0.338 e. The quantitative estimate of drug-likeness (QED) is 0.514. The average Bonchev–Trinajstić information content (AvgIpc) is 3.00. The van der Waals surface area contributed by atoms with Gasteiger partial charge in [0.1, 0.15) is 6.04 Å². The molecule has 162 valence electrons. The topological polar surface area (TPSA) is 92.8 Å². The van der Waals surface area contributed by atoms with Gasteiger partial charge in [-0.2, -0.15) is 0 Å². The van der Waals surface area contributed by atoms with E-state index in [9.17, 15) is 19.2 Å². The Kier molecular flexibility index (Phi) is 6.84. The predicted octanol–water partition coefficient (Wildman–Crippen LogP) is 3.90. The van der Waals surface area contributed by atoms with Crippen molar-refractivity contribution in [3.05, 3.63) is 65.2 Å². The molecule has 2 aromatic carbocycles. The summed E-state index contributed by atoms with van der Waals surface area (Å²) in [5.41, 5.74) is 1.30. The van der Waals surface area contributed by atoms with Gasteiger partial charge in [0, 0.05) is 5.69 Å². The molecule has 0 spiro atoms. The van der Waals surface area contributed by atoms with Gasteiger partial charge in [-0.25, -0.2) is 4.79 Å². The van der Waals surface area contributed by atoms with Crippen molar-refractivity contribution in [3.63, 3.8) is 0 Å². The smallest absolute Gasteiger partial charge is 0.338 e. The second kappa shape index (κ2) is 9.55. The van der Waals surface area contributed by atoms with Crippen LogP contribution in [0.4, 0.5) is 5.69 Å². The second-order valence-corrected chi connectivity index (χ2v) is 7.88. The Balaban J connectivity index is 1.83. The highest BCUT2D eigenvalue weighted by molar-refractivity contribution is 6.23. The monoisotopic (exact) mass is 422 g/mol. The molecule has 0 radical (unpaired) electrons. The Labute approximate surface area is 181 Å². The molecule has 0 unspecified atom stereocenters. The van der Waals surface area contributed by atoms with Gasteiger partial charge in [0.25, 0.3) is 11.8 Å². The van der Waals surface area contributed by atoms with Crippen molar-refractivity contribution >= 4 is 29.4 Å². The van der Waals surface area contributed by atoms with E-state index < -0.39 is 29.7 Å². The molecule has 3 amide bonds. The number of carbonyl (C=O) groups excluding carboxylic acids is 4. The number of carbonyl (C=O) groups is 4. The molecule has 0 bridgehead atoms. The number of nitrogens with one attached hydrogen (secondary N) is 1. The molecule has 1 aliphatic heterocycles. The number of imide groups is 1. The van der Waals surface area contributed by atoms with E-state index in [0.717, 1.165) is 4.90 Å². The molecule has 3 rings (SSSR count). The number of rotatable bonds is 8. The minimum atomic E-state index is -0.969. The molecule has 0 saturated heterocycles. The van der Waals surface area contributed by atoms with Crippen LogP contribution >= 0.6 is 0 Å². The van der Waals surface area contributed by atoms with Crippen LogP contribution in [0.25, 0.3) is 0 Å². The Morgan fingerprint density at radius 1 is 1.00 bits per heavy atom. The SMILES string of the molecule is CCCOC(=O)c1cccc(NC(=O)[C@@H](CC(C)C)N2C(=O)c3ccccc3C2=O)c1.